The second kappa shape index (κ2) is 12.8. The van der Waals surface area contributed by atoms with E-state index in [2.05, 4.69) is 4.98 Å². The molecule has 0 spiro atoms. The van der Waals surface area contributed by atoms with E-state index in [1.54, 1.807) is 27.3 Å². The molecule has 0 saturated carbocycles. The van der Waals surface area contributed by atoms with Gasteiger partial charge in [-0.05, 0) is 12.5 Å². The Morgan fingerprint density at radius 3 is 2.59 bits per heavy atom. The van der Waals surface area contributed by atoms with Gasteiger partial charge in [0.25, 0.3) is 0 Å². The second-order valence-corrected chi connectivity index (χ2v) is 7.59. The van der Waals surface area contributed by atoms with E-state index in [0.717, 1.165) is 5.56 Å². The summed E-state index contributed by atoms with van der Waals surface area (Å²) in [7, 11) is 3.22. The van der Waals surface area contributed by atoms with E-state index in [-0.39, 0.29) is 12.3 Å². The monoisotopic (exact) mass is 444 g/mol. The molecular weight excluding hydrogens is 412 g/mol. The quantitative estimate of drug-likeness (QED) is 0.278. The van der Waals surface area contributed by atoms with Crippen LogP contribution in [0.1, 0.15) is 28.8 Å². The first-order chi connectivity index (χ1) is 15.4. The van der Waals surface area contributed by atoms with Crippen LogP contribution in [0.4, 0.5) is 0 Å². The largest absolute Gasteiger partial charge is 0.382 e. The lowest BCUT2D eigenvalue weighted by atomic mass is 10.1. The minimum Gasteiger partial charge on any atom is -0.382 e. The molecule has 2 N–H and O–H groups in total. The highest BCUT2D eigenvalue weighted by molar-refractivity contribution is 6.01. The Hall–Kier alpha value is -2.88. The molecule has 2 atom stereocenters. The number of aldehydes is 1. The number of amides is 1. The maximum Gasteiger partial charge on any atom is 0.244 e. The number of ether oxygens (including phenoxy) is 2. The number of nitrogens with two attached hydrogens (primary N) is 1. The zero-order chi connectivity index (χ0) is 23.5. The summed E-state index contributed by atoms with van der Waals surface area (Å²) in [5, 5.41) is 0. The minimum absolute atomic E-state index is 0.154. The van der Waals surface area contributed by atoms with E-state index in [9.17, 15) is 14.4 Å². The van der Waals surface area contributed by atoms with E-state index in [4.69, 9.17) is 15.2 Å². The number of benzene rings is 1. The Morgan fingerprint density at radius 1 is 1.22 bits per heavy atom. The van der Waals surface area contributed by atoms with Gasteiger partial charge in [-0.3, -0.25) is 14.2 Å². The van der Waals surface area contributed by atoms with Crippen LogP contribution >= 0.6 is 0 Å². The Labute approximate surface area is 188 Å². The van der Waals surface area contributed by atoms with Gasteiger partial charge in [0.15, 0.2) is 0 Å². The third-order valence-electron chi connectivity index (χ3n) is 5.07. The lowest BCUT2D eigenvalue weighted by Gasteiger charge is -2.22. The van der Waals surface area contributed by atoms with Gasteiger partial charge in [-0.25, -0.2) is 4.98 Å². The van der Waals surface area contributed by atoms with Gasteiger partial charge in [0.1, 0.15) is 18.0 Å². The number of nitrogens with zero attached hydrogens (tertiary/aromatic N) is 3. The van der Waals surface area contributed by atoms with Crippen molar-refractivity contribution >= 4 is 18.1 Å². The molecule has 9 heteroatoms. The van der Waals surface area contributed by atoms with Gasteiger partial charge in [-0.15, -0.1) is 0 Å². The molecule has 1 aromatic carbocycles. The number of carbonyl (C=O) groups excluding carboxylic acids is 3. The molecule has 0 bridgehead atoms. The van der Waals surface area contributed by atoms with Crippen molar-refractivity contribution in [3.05, 3.63) is 53.6 Å². The van der Waals surface area contributed by atoms with E-state index >= 15 is 0 Å². The molecular formula is C23H32N4O5. The molecule has 0 radical (unpaired) electrons. The van der Waals surface area contributed by atoms with Crippen molar-refractivity contribution in [3.63, 3.8) is 0 Å². The summed E-state index contributed by atoms with van der Waals surface area (Å²) in [5.41, 5.74) is 7.27. The van der Waals surface area contributed by atoms with Gasteiger partial charge in [-0.2, -0.15) is 0 Å². The average molecular weight is 445 g/mol. The summed E-state index contributed by atoms with van der Waals surface area (Å²) in [4.78, 5) is 43.2. The van der Waals surface area contributed by atoms with Crippen molar-refractivity contribution in [1.29, 1.82) is 0 Å². The first-order valence-corrected chi connectivity index (χ1v) is 10.5. The van der Waals surface area contributed by atoms with Crippen LogP contribution in [0.5, 0.6) is 0 Å². The molecule has 0 unspecified atom stereocenters. The van der Waals surface area contributed by atoms with Crippen molar-refractivity contribution < 1.29 is 23.9 Å². The Morgan fingerprint density at radius 2 is 1.94 bits per heavy atom. The van der Waals surface area contributed by atoms with Crippen LogP contribution in [0.2, 0.25) is 0 Å². The molecule has 0 aliphatic carbocycles. The van der Waals surface area contributed by atoms with Crippen LogP contribution < -0.4 is 5.73 Å². The number of hydrogen-bond acceptors (Lipinski definition) is 7. The minimum atomic E-state index is -0.936. The normalized spacial score (nSPS) is 12.9. The predicted octanol–water partition coefficient (Wildman–Crippen LogP) is 0.940. The van der Waals surface area contributed by atoms with E-state index in [0.29, 0.717) is 50.6 Å². The smallest absolute Gasteiger partial charge is 0.244 e. The first kappa shape index (κ1) is 25.4. The molecule has 0 aliphatic heterocycles. The summed E-state index contributed by atoms with van der Waals surface area (Å²) >= 11 is 0. The van der Waals surface area contributed by atoms with Gasteiger partial charge >= 0.3 is 0 Å². The maximum atomic E-state index is 13.4. The summed E-state index contributed by atoms with van der Waals surface area (Å²) in [6.45, 7) is 3.18. The predicted molar refractivity (Wildman–Crippen MR) is 119 cm³/mol. The number of likely N-dealkylation sites (N-methyl/N-ethyl adjacent to an activating group) is 1. The number of hydrogen-bond donors (Lipinski definition) is 1. The fraction of sp³-hybridized carbons (Fsp3) is 0.478. The third-order valence-corrected chi connectivity index (χ3v) is 5.07. The van der Waals surface area contributed by atoms with Crippen molar-refractivity contribution in [2.75, 3.05) is 40.5 Å². The van der Waals surface area contributed by atoms with Gasteiger partial charge in [-0.1, -0.05) is 30.3 Å². The number of imidazole rings is 1. The van der Waals surface area contributed by atoms with Crippen molar-refractivity contribution in [2.24, 2.45) is 11.7 Å². The maximum absolute atomic E-state index is 13.4. The van der Waals surface area contributed by atoms with E-state index in [1.807, 2.05) is 30.3 Å². The summed E-state index contributed by atoms with van der Waals surface area (Å²) in [6.07, 6.45) is 2.74. The van der Waals surface area contributed by atoms with Crippen LogP contribution in [-0.2, 0) is 31.9 Å². The van der Waals surface area contributed by atoms with Gasteiger partial charge in [0.2, 0.25) is 11.8 Å². The number of methoxy groups -OCH3 is 1. The van der Waals surface area contributed by atoms with Crippen molar-refractivity contribution in [1.82, 2.24) is 14.5 Å². The van der Waals surface area contributed by atoms with Crippen LogP contribution in [0, 0.1) is 5.92 Å². The number of carbonyl (C=O) groups is 3. The summed E-state index contributed by atoms with van der Waals surface area (Å²) in [5.74, 6) is -1.16. The molecule has 2 rings (SSSR count). The highest BCUT2D eigenvalue weighted by Gasteiger charge is 2.29. The van der Waals surface area contributed by atoms with Gasteiger partial charge in [0.05, 0.1) is 25.9 Å². The molecule has 0 fully saturated rings. The second-order valence-electron chi connectivity index (χ2n) is 7.59. The zero-order valence-electron chi connectivity index (χ0n) is 18.9. The standard InChI is InChI=1S/C23H32N4O5/c1-17(22(29)26(2)9-10-32-12-11-31-3)23(30)27-20(14-19(24)16-28)15-25-21(27)13-18-7-5-4-6-8-18/h4-8,15-17,19H,9-14,24H2,1-3H3/t17-,19+/m1/s1. The molecule has 9 nitrogen and oxygen atoms in total. The Kier molecular flexibility index (Phi) is 10.2. The first-order valence-electron chi connectivity index (χ1n) is 10.5. The zero-order valence-corrected chi connectivity index (χ0v) is 18.9. The molecule has 0 saturated heterocycles. The summed E-state index contributed by atoms with van der Waals surface area (Å²) in [6, 6.07) is 8.83. The van der Waals surface area contributed by atoms with Gasteiger partial charge in [0, 0.05) is 45.4 Å². The van der Waals surface area contributed by atoms with Crippen molar-refractivity contribution in [3.8, 4) is 0 Å². The lowest BCUT2D eigenvalue weighted by Crippen LogP contribution is -2.40. The lowest BCUT2D eigenvalue weighted by molar-refractivity contribution is -0.133. The summed E-state index contributed by atoms with van der Waals surface area (Å²) < 4.78 is 11.8. The molecule has 174 valence electrons. The fourth-order valence-corrected chi connectivity index (χ4v) is 3.22. The molecule has 1 aromatic heterocycles. The molecule has 1 heterocycles. The molecule has 32 heavy (non-hydrogen) atoms. The molecule has 2 aromatic rings. The Bertz CT molecular complexity index is 884. The Balaban J connectivity index is 2.18. The van der Waals surface area contributed by atoms with Crippen LogP contribution in [-0.4, -0.2) is 79.1 Å². The van der Waals surface area contributed by atoms with E-state index in [1.165, 1.54) is 9.47 Å². The van der Waals surface area contributed by atoms with E-state index < -0.39 is 17.9 Å². The molecule has 0 aliphatic rings. The van der Waals surface area contributed by atoms with Crippen LogP contribution in [0.3, 0.4) is 0 Å². The highest BCUT2D eigenvalue weighted by Crippen LogP contribution is 2.16. The molecule has 1 amide bonds. The van der Waals surface area contributed by atoms with Crippen LogP contribution in [0.25, 0.3) is 0 Å². The topological polar surface area (TPSA) is 117 Å². The number of rotatable bonds is 13. The number of aromatic nitrogens is 2. The van der Waals surface area contributed by atoms with Gasteiger partial charge < -0.3 is 24.9 Å². The SMILES string of the molecule is COCCOCCN(C)C(=O)[C@@H](C)C(=O)n1c(C[C@H](N)C=O)cnc1Cc1ccccc1. The fourth-order valence-electron chi connectivity index (χ4n) is 3.22. The van der Waals surface area contributed by atoms with Crippen LogP contribution in [0.15, 0.2) is 36.5 Å². The van der Waals surface area contributed by atoms with Crippen molar-refractivity contribution in [2.45, 2.75) is 25.8 Å². The third kappa shape index (κ3) is 7.08. The average Bonchev–Trinajstić information content (AvgIpc) is 3.19. The highest BCUT2D eigenvalue weighted by atomic mass is 16.5.